The SMILES string of the molecule is Cc1cnn(CCC(=O)N2CCCC(c3nc4ccccc4cc3C(N)=O)C2)c1. The Morgan fingerprint density at radius 2 is 2.10 bits per heavy atom. The number of hydrogen-bond acceptors (Lipinski definition) is 4. The van der Waals surface area contributed by atoms with E-state index in [-0.39, 0.29) is 11.8 Å². The van der Waals surface area contributed by atoms with Gasteiger partial charge in [-0.2, -0.15) is 5.10 Å². The number of aryl methyl sites for hydroxylation is 2. The average Bonchev–Trinajstić information content (AvgIpc) is 3.16. The Kier molecular flexibility index (Phi) is 5.29. The molecule has 7 nitrogen and oxygen atoms in total. The minimum absolute atomic E-state index is 0.00625. The molecule has 2 amide bonds. The van der Waals surface area contributed by atoms with E-state index < -0.39 is 5.91 Å². The lowest BCUT2D eigenvalue weighted by Gasteiger charge is -2.33. The lowest BCUT2D eigenvalue weighted by molar-refractivity contribution is -0.132. The number of nitrogens with zero attached hydrogens (tertiary/aromatic N) is 4. The number of aromatic nitrogens is 3. The van der Waals surface area contributed by atoms with Crippen LogP contribution in [0.2, 0.25) is 0 Å². The van der Waals surface area contributed by atoms with Gasteiger partial charge >= 0.3 is 0 Å². The van der Waals surface area contributed by atoms with Gasteiger partial charge in [-0.05, 0) is 37.5 Å². The Morgan fingerprint density at radius 3 is 2.86 bits per heavy atom. The summed E-state index contributed by atoms with van der Waals surface area (Å²) in [5.74, 6) is -0.369. The molecule has 1 aliphatic rings. The summed E-state index contributed by atoms with van der Waals surface area (Å²) in [4.78, 5) is 31.5. The third-order valence-electron chi connectivity index (χ3n) is 5.50. The fraction of sp³-hybridized carbons (Fsp3) is 0.364. The van der Waals surface area contributed by atoms with E-state index >= 15 is 0 Å². The van der Waals surface area contributed by atoms with Crippen LogP contribution in [0, 0.1) is 6.92 Å². The second-order valence-corrected chi connectivity index (χ2v) is 7.69. The van der Waals surface area contributed by atoms with Crippen LogP contribution in [0.3, 0.4) is 0 Å². The summed E-state index contributed by atoms with van der Waals surface area (Å²) in [7, 11) is 0. The second kappa shape index (κ2) is 8.03. The molecular formula is C22H25N5O2. The van der Waals surface area contributed by atoms with Gasteiger partial charge in [0.2, 0.25) is 5.91 Å². The highest BCUT2D eigenvalue weighted by Gasteiger charge is 2.28. The van der Waals surface area contributed by atoms with Crippen LogP contribution >= 0.6 is 0 Å². The van der Waals surface area contributed by atoms with E-state index in [9.17, 15) is 9.59 Å². The van der Waals surface area contributed by atoms with E-state index in [1.165, 1.54) is 0 Å². The van der Waals surface area contributed by atoms with Crippen molar-refractivity contribution in [2.45, 2.75) is 38.6 Å². The Labute approximate surface area is 169 Å². The molecular weight excluding hydrogens is 366 g/mol. The minimum atomic E-state index is -0.476. The van der Waals surface area contributed by atoms with Crippen molar-refractivity contribution in [3.8, 4) is 0 Å². The number of benzene rings is 1. The van der Waals surface area contributed by atoms with E-state index in [1.807, 2.05) is 48.4 Å². The number of likely N-dealkylation sites (tertiary alicyclic amines) is 1. The summed E-state index contributed by atoms with van der Waals surface area (Å²) >= 11 is 0. The van der Waals surface area contributed by atoms with E-state index in [0.29, 0.717) is 30.8 Å². The van der Waals surface area contributed by atoms with Crippen LogP contribution in [0.15, 0.2) is 42.7 Å². The normalized spacial score (nSPS) is 16.9. The van der Waals surface area contributed by atoms with Gasteiger partial charge in [-0.25, -0.2) is 0 Å². The number of fused-ring (bicyclic) bond motifs is 1. The fourth-order valence-electron chi connectivity index (χ4n) is 4.02. The molecule has 3 heterocycles. The van der Waals surface area contributed by atoms with Crippen molar-refractivity contribution in [2.24, 2.45) is 5.73 Å². The monoisotopic (exact) mass is 391 g/mol. The molecule has 29 heavy (non-hydrogen) atoms. The number of nitrogens with two attached hydrogens (primary N) is 1. The van der Waals surface area contributed by atoms with Gasteiger partial charge < -0.3 is 10.6 Å². The molecule has 1 aliphatic heterocycles. The number of para-hydroxylation sites is 1. The molecule has 0 spiro atoms. The Hall–Kier alpha value is -3.22. The molecule has 0 aliphatic carbocycles. The number of primary amides is 1. The molecule has 0 bridgehead atoms. The molecule has 0 radical (unpaired) electrons. The summed E-state index contributed by atoms with van der Waals surface area (Å²) in [6.07, 6.45) is 5.89. The summed E-state index contributed by atoms with van der Waals surface area (Å²) in [6, 6.07) is 9.52. The number of carbonyl (C=O) groups is 2. The maximum Gasteiger partial charge on any atom is 0.250 e. The maximum atomic E-state index is 12.8. The predicted octanol–water partition coefficient (Wildman–Crippen LogP) is 2.63. The molecule has 0 saturated carbocycles. The van der Waals surface area contributed by atoms with Crippen LogP contribution in [0.25, 0.3) is 10.9 Å². The van der Waals surface area contributed by atoms with Crippen molar-refractivity contribution in [1.82, 2.24) is 19.7 Å². The quantitative estimate of drug-likeness (QED) is 0.723. The fourth-order valence-corrected chi connectivity index (χ4v) is 4.02. The zero-order valence-corrected chi connectivity index (χ0v) is 16.5. The van der Waals surface area contributed by atoms with Crippen molar-refractivity contribution in [3.63, 3.8) is 0 Å². The number of amides is 2. The summed E-state index contributed by atoms with van der Waals surface area (Å²) in [5.41, 5.74) is 8.73. The maximum absolute atomic E-state index is 12.8. The van der Waals surface area contributed by atoms with Crippen LogP contribution < -0.4 is 5.73 Å². The molecule has 7 heteroatoms. The first kappa shape index (κ1) is 19.1. The van der Waals surface area contributed by atoms with Crippen LogP contribution in [0.1, 0.15) is 46.8 Å². The number of hydrogen-bond donors (Lipinski definition) is 1. The molecule has 1 aromatic carbocycles. The smallest absolute Gasteiger partial charge is 0.250 e. The molecule has 2 aromatic heterocycles. The largest absolute Gasteiger partial charge is 0.366 e. The van der Waals surface area contributed by atoms with Gasteiger partial charge in [0, 0.05) is 43.6 Å². The highest BCUT2D eigenvalue weighted by molar-refractivity contribution is 5.97. The third-order valence-corrected chi connectivity index (χ3v) is 5.50. The number of piperidine rings is 1. The van der Waals surface area contributed by atoms with Crippen molar-refractivity contribution in [1.29, 1.82) is 0 Å². The molecule has 1 saturated heterocycles. The lowest BCUT2D eigenvalue weighted by atomic mass is 9.90. The van der Waals surface area contributed by atoms with E-state index in [1.54, 1.807) is 10.9 Å². The van der Waals surface area contributed by atoms with Gasteiger partial charge in [-0.15, -0.1) is 0 Å². The summed E-state index contributed by atoms with van der Waals surface area (Å²) < 4.78 is 1.80. The number of carbonyl (C=O) groups excluding carboxylic acids is 2. The van der Waals surface area contributed by atoms with Crippen LogP contribution in [0.4, 0.5) is 0 Å². The molecule has 2 N–H and O–H groups in total. The van der Waals surface area contributed by atoms with Crippen molar-refractivity contribution >= 4 is 22.7 Å². The first-order chi connectivity index (χ1) is 14.0. The Balaban J connectivity index is 1.52. The number of rotatable bonds is 5. The van der Waals surface area contributed by atoms with E-state index in [2.05, 4.69) is 5.10 Å². The van der Waals surface area contributed by atoms with Gasteiger partial charge in [-0.1, -0.05) is 18.2 Å². The topological polar surface area (TPSA) is 94.1 Å². The van der Waals surface area contributed by atoms with E-state index in [4.69, 9.17) is 10.7 Å². The van der Waals surface area contributed by atoms with Gasteiger partial charge in [-0.3, -0.25) is 19.3 Å². The Morgan fingerprint density at radius 1 is 1.28 bits per heavy atom. The van der Waals surface area contributed by atoms with Gasteiger partial charge in [0.05, 0.1) is 23.0 Å². The number of pyridine rings is 1. The third kappa shape index (κ3) is 4.13. The standard InChI is InChI=1S/C22H25N5O2/c1-15-12-24-27(13-15)10-8-20(28)26-9-4-6-17(14-26)21-18(22(23)29)11-16-5-2-3-7-19(16)25-21/h2-3,5,7,11-13,17H,4,6,8-10,14H2,1H3,(H2,23,29). The first-order valence-corrected chi connectivity index (χ1v) is 9.97. The van der Waals surface area contributed by atoms with Gasteiger partial charge in [0.25, 0.3) is 5.91 Å². The van der Waals surface area contributed by atoms with Gasteiger partial charge in [0.1, 0.15) is 0 Å². The van der Waals surface area contributed by atoms with E-state index in [0.717, 1.165) is 35.9 Å². The van der Waals surface area contributed by atoms with Crippen molar-refractivity contribution in [3.05, 3.63) is 59.5 Å². The molecule has 150 valence electrons. The summed E-state index contributed by atoms with van der Waals surface area (Å²) in [6.45, 7) is 3.83. The summed E-state index contributed by atoms with van der Waals surface area (Å²) in [5, 5.41) is 5.13. The first-order valence-electron chi connectivity index (χ1n) is 9.97. The lowest BCUT2D eigenvalue weighted by Crippen LogP contribution is -2.40. The second-order valence-electron chi connectivity index (χ2n) is 7.69. The highest BCUT2D eigenvalue weighted by atomic mass is 16.2. The molecule has 3 aromatic rings. The predicted molar refractivity (Wildman–Crippen MR) is 110 cm³/mol. The minimum Gasteiger partial charge on any atom is -0.366 e. The van der Waals surface area contributed by atoms with Crippen molar-refractivity contribution < 1.29 is 9.59 Å². The van der Waals surface area contributed by atoms with Crippen LogP contribution in [-0.2, 0) is 11.3 Å². The average molecular weight is 391 g/mol. The molecule has 4 rings (SSSR count). The van der Waals surface area contributed by atoms with Crippen LogP contribution in [-0.4, -0.2) is 44.6 Å². The molecule has 1 fully saturated rings. The zero-order valence-electron chi connectivity index (χ0n) is 16.5. The van der Waals surface area contributed by atoms with Gasteiger partial charge in [0.15, 0.2) is 0 Å². The molecule has 1 atom stereocenters. The molecule has 1 unspecified atom stereocenters. The zero-order chi connectivity index (χ0) is 20.4. The highest BCUT2D eigenvalue weighted by Crippen LogP contribution is 2.30. The van der Waals surface area contributed by atoms with Crippen LogP contribution in [0.5, 0.6) is 0 Å². The van der Waals surface area contributed by atoms with Crippen molar-refractivity contribution in [2.75, 3.05) is 13.1 Å². The Bertz CT molecular complexity index is 1060.